The molecule has 5 nitrogen and oxygen atoms in total. The van der Waals surface area contributed by atoms with Crippen LogP contribution >= 0.6 is 11.8 Å². The highest BCUT2D eigenvalue weighted by atomic mass is 32.2. The lowest BCUT2D eigenvalue weighted by Crippen LogP contribution is -2.43. The standard InChI is InChI=1S/C22H32N2O3S/c1-15(2)23-21(25)16-7-5-8-17(13-16)24-22(26)19-10-3-4-11-20(19)28-14-18-9-6-12-27-18/h3-4,10-11,15-18H,5-9,12-14H2,1-2H3,(H,23,25)(H,24,26). The summed E-state index contributed by atoms with van der Waals surface area (Å²) in [4.78, 5) is 26.3. The second-order valence-corrected chi connectivity index (χ2v) is 9.20. The number of carbonyl (C=O) groups excluding carboxylic acids is 2. The largest absolute Gasteiger partial charge is 0.377 e. The van der Waals surface area contributed by atoms with Crippen LogP contribution in [0, 0.1) is 5.92 Å². The SMILES string of the molecule is CC(C)NC(=O)C1CCCC(NC(=O)c2ccccc2SCC2CCCO2)C1. The minimum Gasteiger partial charge on any atom is -0.377 e. The molecule has 0 bridgehead atoms. The molecule has 2 aliphatic rings. The Morgan fingerprint density at radius 2 is 2.00 bits per heavy atom. The van der Waals surface area contributed by atoms with E-state index in [0.717, 1.165) is 61.3 Å². The van der Waals surface area contributed by atoms with Crippen molar-refractivity contribution in [3.05, 3.63) is 29.8 Å². The Bertz CT molecular complexity index is 674. The highest BCUT2D eigenvalue weighted by Crippen LogP contribution is 2.28. The maximum atomic E-state index is 12.9. The summed E-state index contributed by atoms with van der Waals surface area (Å²) < 4.78 is 5.70. The third-order valence-electron chi connectivity index (χ3n) is 5.39. The molecule has 3 atom stereocenters. The topological polar surface area (TPSA) is 67.4 Å². The van der Waals surface area contributed by atoms with Gasteiger partial charge in [0.1, 0.15) is 0 Å². The average molecular weight is 405 g/mol. The Morgan fingerprint density at radius 3 is 2.75 bits per heavy atom. The fourth-order valence-corrected chi connectivity index (χ4v) is 5.08. The lowest BCUT2D eigenvalue weighted by atomic mass is 9.85. The maximum Gasteiger partial charge on any atom is 0.252 e. The Hall–Kier alpha value is -1.53. The van der Waals surface area contributed by atoms with Crippen molar-refractivity contribution in [1.82, 2.24) is 10.6 Å². The van der Waals surface area contributed by atoms with E-state index in [2.05, 4.69) is 10.6 Å². The monoisotopic (exact) mass is 404 g/mol. The van der Waals surface area contributed by atoms with Crippen molar-refractivity contribution in [1.29, 1.82) is 0 Å². The first-order valence-corrected chi connectivity index (χ1v) is 11.5. The highest BCUT2D eigenvalue weighted by molar-refractivity contribution is 7.99. The molecule has 0 spiro atoms. The molecule has 154 valence electrons. The zero-order valence-electron chi connectivity index (χ0n) is 16.9. The molecule has 2 amide bonds. The molecule has 1 aliphatic carbocycles. The normalized spacial score (nSPS) is 24.9. The molecule has 1 aromatic rings. The van der Waals surface area contributed by atoms with E-state index in [9.17, 15) is 9.59 Å². The predicted molar refractivity (Wildman–Crippen MR) is 113 cm³/mol. The number of hydrogen-bond donors (Lipinski definition) is 2. The van der Waals surface area contributed by atoms with Gasteiger partial charge in [-0.3, -0.25) is 9.59 Å². The van der Waals surface area contributed by atoms with E-state index in [-0.39, 0.29) is 29.8 Å². The highest BCUT2D eigenvalue weighted by Gasteiger charge is 2.29. The Labute approximate surface area is 172 Å². The van der Waals surface area contributed by atoms with Crippen LogP contribution in [0.15, 0.2) is 29.2 Å². The Morgan fingerprint density at radius 1 is 1.18 bits per heavy atom. The summed E-state index contributed by atoms with van der Waals surface area (Å²) in [6.45, 7) is 4.80. The van der Waals surface area contributed by atoms with Crippen LogP contribution in [-0.4, -0.2) is 42.4 Å². The summed E-state index contributed by atoms with van der Waals surface area (Å²) in [5.74, 6) is 0.947. The predicted octanol–water partition coefficient (Wildman–Crippen LogP) is 3.77. The molecule has 0 radical (unpaired) electrons. The Kier molecular flexibility index (Phi) is 7.80. The van der Waals surface area contributed by atoms with Crippen LogP contribution in [0.2, 0.25) is 0 Å². The summed E-state index contributed by atoms with van der Waals surface area (Å²) in [6, 6.07) is 7.98. The van der Waals surface area contributed by atoms with E-state index in [1.165, 1.54) is 0 Å². The van der Waals surface area contributed by atoms with Crippen LogP contribution in [0.25, 0.3) is 0 Å². The summed E-state index contributed by atoms with van der Waals surface area (Å²) in [5.41, 5.74) is 0.722. The van der Waals surface area contributed by atoms with Gasteiger partial charge in [-0.2, -0.15) is 0 Å². The lowest BCUT2D eigenvalue weighted by molar-refractivity contribution is -0.126. The fourth-order valence-electron chi connectivity index (χ4n) is 3.96. The van der Waals surface area contributed by atoms with Crippen LogP contribution in [0.4, 0.5) is 0 Å². The van der Waals surface area contributed by atoms with Crippen LogP contribution in [0.3, 0.4) is 0 Å². The van der Waals surface area contributed by atoms with Gasteiger partial charge in [0, 0.05) is 35.3 Å². The Balaban J connectivity index is 1.57. The van der Waals surface area contributed by atoms with Crippen molar-refractivity contribution < 1.29 is 14.3 Å². The van der Waals surface area contributed by atoms with Gasteiger partial charge in [-0.15, -0.1) is 11.8 Å². The lowest BCUT2D eigenvalue weighted by Gasteiger charge is -2.29. The van der Waals surface area contributed by atoms with Crippen molar-refractivity contribution in [2.75, 3.05) is 12.4 Å². The molecule has 2 fully saturated rings. The van der Waals surface area contributed by atoms with Gasteiger partial charge in [-0.05, 0) is 58.1 Å². The molecule has 3 rings (SSSR count). The van der Waals surface area contributed by atoms with Crippen molar-refractivity contribution >= 4 is 23.6 Å². The van der Waals surface area contributed by atoms with Crippen molar-refractivity contribution in [3.8, 4) is 0 Å². The molecule has 2 N–H and O–H groups in total. The fraction of sp³-hybridized carbons (Fsp3) is 0.636. The number of thioether (sulfide) groups is 1. The number of hydrogen-bond acceptors (Lipinski definition) is 4. The summed E-state index contributed by atoms with van der Waals surface area (Å²) >= 11 is 1.70. The molecular formula is C22H32N2O3S. The first kappa shape index (κ1) is 21.2. The van der Waals surface area contributed by atoms with Crippen LogP contribution in [-0.2, 0) is 9.53 Å². The van der Waals surface area contributed by atoms with Gasteiger partial charge in [0.05, 0.1) is 11.7 Å². The number of nitrogens with one attached hydrogen (secondary N) is 2. The number of ether oxygens (including phenoxy) is 1. The van der Waals surface area contributed by atoms with Crippen LogP contribution in [0.1, 0.15) is 62.7 Å². The van der Waals surface area contributed by atoms with Crippen LogP contribution < -0.4 is 10.6 Å². The van der Waals surface area contributed by atoms with Gasteiger partial charge in [-0.1, -0.05) is 18.6 Å². The molecule has 1 saturated heterocycles. The molecule has 0 aromatic heterocycles. The summed E-state index contributed by atoms with van der Waals surface area (Å²) in [5, 5.41) is 6.18. The minimum absolute atomic E-state index is 0.00872. The van der Waals surface area contributed by atoms with Gasteiger partial charge in [0.2, 0.25) is 5.91 Å². The van der Waals surface area contributed by atoms with Gasteiger partial charge < -0.3 is 15.4 Å². The van der Waals surface area contributed by atoms with Crippen LogP contribution in [0.5, 0.6) is 0 Å². The molecule has 1 aliphatic heterocycles. The number of amides is 2. The number of benzene rings is 1. The molecule has 3 unspecified atom stereocenters. The van der Waals surface area contributed by atoms with Gasteiger partial charge >= 0.3 is 0 Å². The van der Waals surface area contributed by atoms with Crippen molar-refractivity contribution in [3.63, 3.8) is 0 Å². The average Bonchev–Trinajstić information content (AvgIpc) is 3.20. The third kappa shape index (κ3) is 5.98. The van der Waals surface area contributed by atoms with E-state index < -0.39 is 0 Å². The minimum atomic E-state index is -0.0367. The van der Waals surface area contributed by atoms with E-state index in [4.69, 9.17) is 4.74 Å². The summed E-state index contributed by atoms with van der Waals surface area (Å²) in [7, 11) is 0. The van der Waals surface area contributed by atoms with E-state index in [1.807, 2.05) is 38.1 Å². The molecule has 1 heterocycles. The molecule has 28 heavy (non-hydrogen) atoms. The van der Waals surface area contributed by atoms with E-state index in [0.29, 0.717) is 6.10 Å². The van der Waals surface area contributed by atoms with Gasteiger partial charge in [0.25, 0.3) is 5.91 Å². The smallest absolute Gasteiger partial charge is 0.252 e. The zero-order valence-corrected chi connectivity index (χ0v) is 17.7. The van der Waals surface area contributed by atoms with Gasteiger partial charge in [0.15, 0.2) is 0 Å². The van der Waals surface area contributed by atoms with E-state index >= 15 is 0 Å². The van der Waals surface area contributed by atoms with Gasteiger partial charge in [-0.25, -0.2) is 0 Å². The first-order chi connectivity index (χ1) is 13.5. The summed E-state index contributed by atoms with van der Waals surface area (Å²) in [6.07, 6.45) is 6.04. The number of carbonyl (C=O) groups is 2. The molecule has 1 aromatic carbocycles. The van der Waals surface area contributed by atoms with Crippen molar-refractivity contribution in [2.45, 2.75) is 75.5 Å². The number of rotatable bonds is 7. The quantitative estimate of drug-likeness (QED) is 0.679. The first-order valence-electron chi connectivity index (χ1n) is 10.5. The van der Waals surface area contributed by atoms with Crippen molar-refractivity contribution in [2.24, 2.45) is 5.92 Å². The molecule has 1 saturated carbocycles. The zero-order chi connectivity index (χ0) is 19.9. The molecular weight excluding hydrogens is 372 g/mol. The molecule has 6 heteroatoms. The van der Waals surface area contributed by atoms with E-state index in [1.54, 1.807) is 11.8 Å². The third-order valence-corrected chi connectivity index (χ3v) is 6.60. The second kappa shape index (κ2) is 10.3. The second-order valence-electron chi connectivity index (χ2n) is 8.14. The maximum absolute atomic E-state index is 12.9.